The van der Waals surface area contributed by atoms with Crippen LogP contribution in [0, 0.1) is 5.82 Å². The van der Waals surface area contributed by atoms with E-state index in [0.29, 0.717) is 24.6 Å². The summed E-state index contributed by atoms with van der Waals surface area (Å²) in [5.74, 6) is -0.454. The molecule has 0 aromatic heterocycles. The second-order valence-corrected chi connectivity index (χ2v) is 7.37. The molecular formula is C21H22FN3O3. The molecule has 4 rings (SSSR count). The van der Waals surface area contributed by atoms with Crippen molar-refractivity contribution in [2.24, 2.45) is 0 Å². The monoisotopic (exact) mass is 383 g/mol. The Balaban J connectivity index is 1.32. The van der Waals surface area contributed by atoms with Gasteiger partial charge in [-0.25, -0.2) is 9.87 Å². The fourth-order valence-corrected chi connectivity index (χ4v) is 3.80. The largest absolute Gasteiger partial charge is 0.337 e. The van der Waals surface area contributed by atoms with Gasteiger partial charge in [-0.1, -0.05) is 18.2 Å². The van der Waals surface area contributed by atoms with Crippen molar-refractivity contribution < 1.29 is 19.2 Å². The summed E-state index contributed by atoms with van der Waals surface area (Å²) in [6, 6.07) is 12.0. The molecule has 146 valence electrons. The Labute approximate surface area is 162 Å². The minimum absolute atomic E-state index is 0.0208. The van der Waals surface area contributed by atoms with E-state index in [1.165, 1.54) is 12.1 Å². The van der Waals surface area contributed by atoms with Gasteiger partial charge in [-0.3, -0.25) is 14.8 Å². The highest BCUT2D eigenvalue weighted by Gasteiger charge is 2.38. The Morgan fingerprint density at radius 1 is 1.14 bits per heavy atom. The molecule has 0 bridgehead atoms. The number of nitrogens with one attached hydrogen (secondary N) is 2. The summed E-state index contributed by atoms with van der Waals surface area (Å²) >= 11 is 0. The molecule has 2 aromatic carbocycles. The first-order chi connectivity index (χ1) is 13.5. The number of fused-ring (bicyclic) bond motifs is 1. The summed E-state index contributed by atoms with van der Waals surface area (Å²) in [6.45, 7) is 1.36. The molecule has 2 atom stereocenters. The molecule has 3 N–H and O–H groups in total. The number of hydrogen-bond donors (Lipinski definition) is 3. The summed E-state index contributed by atoms with van der Waals surface area (Å²) in [4.78, 5) is 26.0. The van der Waals surface area contributed by atoms with Gasteiger partial charge in [0.2, 0.25) is 5.91 Å². The van der Waals surface area contributed by atoms with Crippen LogP contribution in [0.2, 0.25) is 0 Å². The van der Waals surface area contributed by atoms with Crippen molar-refractivity contribution in [1.29, 1.82) is 0 Å². The molecule has 0 radical (unpaired) electrons. The smallest absolute Gasteiger partial charge is 0.274 e. The Morgan fingerprint density at radius 3 is 2.68 bits per heavy atom. The Hall–Kier alpha value is -2.77. The van der Waals surface area contributed by atoms with Gasteiger partial charge in [-0.15, -0.1) is 0 Å². The van der Waals surface area contributed by atoms with Crippen LogP contribution in [-0.2, 0) is 17.8 Å². The van der Waals surface area contributed by atoms with E-state index in [2.05, 4.69) is 5.32 Å². The maximum absolute atomic E-state index is 13.0. The molecule has 1 fully saturated rings. The van der Waals surface area contributed by atoms with E-state index in [9.17, 15) is 14.0 Å². The molecule has 2 aromatic rings. The molecule has 2 aliphatic rings. The number of rotatable bonds is 5. The van der Waals surface area contributed by atoms with Gasteiger partial charge >= 0.3 is 0 Å². The summed E-state index contributed by atoms with van der Waals surface area (Å²) in [5, 5.41) is 12.1. The first-order valence-electron chi connectivity index (χ1n) is 9.38. The van der Waals surface area contributed by atoms with Crippen molar-refractivity contribution in [3.8, 4) is 0 Å². The molecule has 0 unspecified atom stereocenters. The van der Waals surface area contributed by atoms with Crippen LogP contribution in [-0.4, -0.2) is 41.1 Å². The van der Waals surface area contributed by atoms with E-state index >= 15 is 0 Å². The number of hydroxylamine groups is 1. The third-order valence-corrected chi connectivity index (χ3v) is 5.54. The lowest BCUT2D eigenvalue weighted by molar-refractivity contribution is -0.131. The van der Waals surface area contributed by atoms with Gasteiger partial charge in [0.15, 0.2) is 0 Å². The van der Waals surface area contributed by atoms with Gasteiger partial charge in [0, 0.05) is 30.6 Å². The van der Waals surface area contributed by atoms with Gasteiger partial charge in [0.25, 0.3) is 5.91 Å². The second kappa shape index (κ2) is 7.69. The normalized spacial score (nSPS) is 20.4. The topological polar surface area (TPSA) is 81.7 Å². The maximum Gasteiger partial charge on any atom is 0.274 e. The molecule has 7 heteroatoms. The van der Waals surface area contributed by atoms with Crippen molar-refractivity contribution in [1.82, 2.24) is 15.7 Å². The number of carbonyl (C=O) groups excluding carboxylic acids is 2. The average molecular weight is 383 g/mol. The number of hydrogen-bond acceptors (Lipinski definition) is 4. The van der Waals surface area contributed by atoms with Gasteiger partial charge in [-0.05, 0) is 53.8 Å². The number of amides is 2. The zero-order valence-corrected chi connectivity index (χ0v) is 15.3. The quantitative estimate of drug-likeness (QED) is 0.545. The van der Waals surface area contributed by atoms with E-state index in [1.54, 1.807) is 34.6 Å². The molecule has 0 spiro atoms. The highest BCUT2D eigenvalue weighted by atomic mass is 19.1. The zero-order valence-electron chi connectivity index (χ0n) is 15.3. The molecular weight excluding hydrogens is 361 g/mol. The predicted molar refractivity (Wildman–Crippen MR) is 100 cm³/mol. The lowest BCUT2D eigenvalue weighted by Gasteiger charge is -2.29. The minimum Gasteiger partial charge on any atom is -0.337 e. The molecule has 6 nitrogen and oxygen atoms in total. The van der Waals surface area contributed by atoms with Gasteiger partial charge in [-0.2, -0.15) is 0 Å². The standard InChI is InChI=1S/C21H22FN3O3/c22-17-5-3-14(4-6-17)18-10-19(18)23-11-20(26)25-8-7-13-1-2-15(21(27)24-28)9-16(13)12-25/h1-6,9,18-19,23,28H,7-8,10-12H2,(H,24,27)/t18-,19+/m0/s1. The first kappa shape index (κ1) is 18.6. The van der Waals surface area contributed by atoms with Crippen LogP contribution in [0.4, 0.5) is 4.39 Å². The van der Waals surface area contributed by atoms with E-state index in [4.69, 9.17) is 5.21 Å². The molecule has 1 saturated carbocycles. The lowest BCUT2D eigenvalue weighted by Crippen LogP contribution is -2.41. The van der Waals surface area contributed by atoms with Crippen LogP contribution in [0.5, 0.6) is 0 Å². The number of carbonyl (C=O) groups is 2. The van der Waals surface area contributed by atoms with Crippen LogP contribution in [0.3, 0.4) is 0 Å². The van der Waals surface area contributed by atoms with Crippen molar-refractivity contribution in [3.63, 3.8) is 0 Å². The summed E-state index contributed by atoms with van der Waals surface area (Å²) < 4.78 is 13.0. The van der Waals surface area contributed by atoms with Crippen molar-refractivity contribution in [2.75, 3.05) is 13.1 Å². The van der Waals surface area contributed by atoms with E-state index in [1.807, 2.05) is 6.07 Å². The Bertz CT molecular complexity index is 900. The van der Waals surface area contributed by atoms with Gasteiger partial charge < -0.3 is 10.2 Å². The molecule has 1 aliphatic heterocycles. The molecule has 1 aliphatic carbocycles. The maximum atomic E-state index is 13.0. The lowest BCUT2D eigenvalue weighted by atomic mass is 9.97. The third-order valence-electron chi connectivity index (χ3n) is 5.54. The summed E-state index contributed by atoms with van der Waals surface area (Å²) in [6.07, 6.45) is 1.69. The van der Waals surface area contributed by atoms with Gasteiger partial charge in [0.05, 0.1) is 6.54 Å². The average Bonchev–Trinajstić information content (AvgIpc) is 3.50. The van der Waals surface area contributed by atoms with Crippen molar-refractivity contribution >= 4 is 11.8 Å². The van der Waals surface area contributed by atoms with E-state index in [-0.39, 0.29) is 24.3 Å². The Morgan fingerprint density at radius 2 is 1.93 bits per heavy atom. The molecule has 0 saturated heterocycles. The van der Waals surface area contributed by atoms with Crippen LogP contribution >= 0.6 is 0 Å². The fourth-order valence-electron chi connectivity index (χ4n) is 3.80. The van der Waals surface area contributed by atoms with E-state index < -0.39 is 5.91 Å². The molecule has 2 amide bonds. The van der Waals surface area contributed by atoms with Crippen molar-refractivity contribution in [3.05, 3.63) is 70.5 Å². The van der Waals surface area contributed by atoms with Crippen molar-refractivity contribution in [2.45, 2.75) is 31.3 Å². The SMILES string of the molecule is O=C(NO)c1ccc2c(c1)CN(C(=O)CN[C@@H]1C[C@H]1c1ccc(F)cc1)CC2. The first-order valence-corrected chi connectivity index (χ1v) is 9.38. The second-order valence-electron chi connectivity index (χ2n) is 7.37. The number of benzene rings is 2. The Kier molecular flexibility index (Phi) is 5.11. The summed E-state index contributed by atoms with van der Waals surface area (Å²) in [7, 11) is 0. The zero-order chi connectivity index (χ0) is 19.7. The molecule has 1 heterocycles. The van der Waals surface area contributed by atoms with E-state index in [0.717, 1.165) is 29.5 Å². The summed E-state index contributed by atoms with van der Waals surface area (Å²) in [5.41, 5.74) is 5.14. The van der Waals surface area contributed by atoms with Crippen LogP contribution < -0.4 is 10.8 Å². The van der Waals surface area contributed by atoms with Crippen LogP contribution in [0.15, 0.2) is 42.5 Å². The van der Waals surface area contributed by atoms with Gasteiger partial charge in [0.1, 0.15) is 5.82 Å². The highest BCUT2D eigenvalue weighted by Crippen LogP contribution is 2.40. The minimum atomic E-state index is -0.562. The number of nitrogens with zero attached hydrogens (tertiary/aromatic N) is 1. The fraction of sp³-hybridized carbons (Fsp3) is 0.333. The predicted octanol–water partition coefficient (Wildman–Crippen LogP) is 1.98. The van der Waals surface area contributed by atoms with Crippen LogP contribution in [0.1, 0.15) is 39.4 Å². The third kappa shape index (κ3) is 3.90. The molecule has 28 heavy (non-hydrogen) atoms. The highest BCUT2D eigenvalue weighted by molar-refractivity contribution is 5.93. The number of halogens is 1. The van der Waals surface area contributed by atoms with Crippen LogP contribution in [0.25, 0.3) is 0 Å².